The van der Waals surface area contributed by atoms with E-state index in [1.54, 1.807) is 29.3 Å². The molecule has 1 fully saturated rings. The molecule has 0 bridgehead atoms. The minimum Gasteiger partial charge on any atom is -0.339 e. The maximum absolute atomic E-state index is 12.5. The Hall–Kier alpha value is -1.95. The molecule has 3 rings (SSSR count). The van der Waals surface area contributed by atoms with Gasteiger partial charge >= 0.3 is 0 Å². The van der Waals surface area contributed by atoms with E-state index >= 15 is 0 Å². The number of amides is 1. The summed E-state index contributed by atoms with van der Waals surface area (Å²) in [4.78, 5) is 18.4. The summed E-state index contributed by atoms with van der Waals surface area (Å²) in [7, 11) is 0. The van der Waals surface area contributed by atoms with E-state index in [4.69, 9.17) is 5.73 Å². The maximum Gasteiger partial charge on any atom is 0.257 e. The number of fused-ring (bicyclic) bond motifs is 1. The topological polar surface area (TPSA) is 76.5 Å². The first-order chi connectivity index (χ1) is 9.29. The highest BCUT2D eigenvalue weighted by Gasteiger charge is 2.24. The number of carbonyl (C=O) groups is 1. The second-order valence-electron chi connectivity index (χ2n) is 4.94. The average Bonchev–Trinajstić information content (AvgIpc) is 2.90. The van der Waals surface area contributed by atoms with Crippen molar-refractivity contribution in [1.82, 2.24) is 19.5 Å². The molecule has 3 heterocycles. The molecule has 0 aliphatic carbocycles. The molecule has 1 saturated heterocycles. The molecule has 0 aromatic carbocycles. The van der Waals surface area contributed by atoms with Crippen LogP contribution in [-0.4, -0.2) is 45.0 Å². The Labute approximate surface area is 111 Å². The lowest BCUT2D eigenvalue weighted by molar-refractivity contribution is 0.0695. The van der Waals surface area contributed by atoms with Crippen LogP contribution in [0.3, 0.4) is 0 Å². The minimum atomic E-state index is 0.0403. The van der Waals surface area contributed by atoms with Gasteiger partial charge in [0, 0.05) is 25.5 Å². The van der Waals surface area contributed by atoms with E-state index in [9.17, 15) is 4.79 Å². The molecule has 6 heteroatoms. The summed E-state index contributed by atoms with van der Waals surface area (Å²) in [6.45, 7) is 2.26. The van der Waals surface area contributed by atoms with E-state index in [0.717, 1.165) is 31.4 Å². The number of hydrogen-bond donors (Lipinski definition) is 1. The van der Waals surface area contributed by atoms with Crippen LogP contribution in [-0.2, 0) is 0 Å². The van der Waals surface area contributed by atoms with E-state index in [1.165, 1.54) is 0 Å². The Balaban J connectivity index is 1.81. The van der Waals surface area contributed by atoms with Gasteiger partial charge in [0.25, 0.3) is 5.91 Å². The first kappa shape index (κ1) is 12.1. The van der Waals surface area contributed by atoms with E-state index in [0.29, 0.717) is 18.0 Å². The van der Waals surface area contributed by atoms with Crippen LogP contribution in [0.4, 0.5) is 0 Å². The lowest BCUT2D eigenvalue weighted by Crippen LogP contribution is -2.40. The lowest BCUT2D eigenvalue weighted by atomic mass is 9.97. The van der Waals surface area contributed by atoms with Gasteiger partial charge in [-0.1, -0.05) is 0 Å². The predicted octanol–water partition coefficient (Wildman–Crippen LogP) is 0.540. The van der Waals surface area contributed by atoms with Gasteiger partial charge in [-0.15, -0.1) is 0 Å². The van der Waals surface area contributed by atoms with Crippen molar-refractivity contribution in [3.05, 3.63) is 30.4 Å². The largest absolute Gasteiger partial charge is 0.339 e. The molecule has 1 amide bonds. The first-order valence-electron chi connectivity index (χ1n) is 6.56. The average molecular weight is 259 g/mol. The Kier molecular flexibility index (Phi) is 3.16. The van der Waals surface area contributed by atoms with E-state index in [1.807, 2.05) is 4.90 Å². The number of piperidine rings is 1. The summed E-state index contributed by atoms with van der Waals surface area (Å²) in [5.41, 5.74) is 7.05. The summed E-state index contributed by atoms with van der Waals surface area (Å²) in [5.74, 6) is 0.591. The summed E-state index contributed by atoms with van der Waals surface area (Å²) >= 11 is 0. The number of aromatic nitrogens is 3. The van der Waals surface area contributed by atoms with Crippen LogP contribution in [0.15, 0.2) is 24.8 Å². The van der Waals surface area contributed by atoms with E-state index in [-0.39, 0.29) is 5.91 Å². The van der Waals surface area contributed by atoms with Crippen molar-refractivity contribution in [2.45, 2.75) is 12.8 Å². The van der Waals surface area contributed by atoms with Crippen LogP contribution in [0.2, 0.25) is 0 Å². The molecule has 0 unspecified atom stereocenters. The van der Waals surface area contributed by atoms with Gasteiger partial charge in [0.2, 0.25) is 0 Å². The zero-order valence-corrected chi connectivity index (χ0v) is 10.7. The molecule has 2 aromatic heterocycles. The second-order valence-corrected chi connectivity index (χ2v) is 4.94. The summed E-state index contributed by atoms with van der Waals surface area (Å²) < 4.78 is 1.67. The van der Waals surface area contributed by atoms with Crippen molar-refractivity contribution >= 4 is 11.4 Å². The van der Waals surface area contributed by atoms with Crippen LogP contribution < -0.4 is 5.73 Å². The first-order valence-corrected chi connectivity index (χ1v) is 6.56. The third-order valence-electron chi connectivity index (χ3n) is 3.79. The van der Waals surface area contributed by atoms with Gasteiger partial charge in [-0.2, -0.15) is 5.10 Å². The molecule has 0 radical (unpaired) electrons. The highest BCUT2D eigenvalue weighted by Crippen LogP contribution is 2.19. The zero-order valence-electron chi connectivity index (χ0n) is 10.7. The van der Waals surface area contributed by atoms with Gasteiger partial charge < -0.3 is 10.6 Å². The van der Waals surface area contributed by atoms with Gasteiger partial charge in [0.1, 0.15) is 0 Å². The van der Waals surface area contributed by atoms with Crippen molar-refractivity contribution in [2.75, 3.05) is 19.6 Å². The second kappa shape index (κ2) is 4.97. The van der Waals surface area contributed by atoms with Crippen LogP contribution in [0.25, 0.3) is 5.52 Å². The monoisotopic (exact) mass is 259 g/mol. The summed E-state index contributed by atoms with van der Waals surface area (Å²) in [6, 6.07) is 0. The summed E-state index contributed by atoms with van der Waals surface area (Å²) in [5, 5.41) is 4.17. The molecule has 2 aromatic rings. The number of carbonyl (C=O) groups excluding carboxylic acids is 1. The highest BCUT2D eigenvalue weighted by atomic mass is 16.2. The van der Waals surface area contributed by atoms with Crippen LogP contribution >= 0.6 is 0 Å². The van der Waals surface area contributed by atoms with Gasteiger partial charge in [0.05, 0.1) is 23.5 Å². The lowest BCUT2D eigenvalue weighted by Gasteiger charge is -2.31. The Morgan fingerprint density at radius 2 is 2.16 bits per heavy atom. The maximum atomic E-state index is 12.5. The minimum absolute atomic E-state index is 0.0403. The molecule has 6 nitrogen and oxygen atoms in total. The molecule has 100 valence electrons. The normalized spacial score (nSPS) is 17.0. The SMILES string of the molecule is NCC1CCN(C(=O)c2cnn3ccncc23)CC1. The van der Waals surface area contributed by atoms with E-state index in [2.05, 4.69) is 10.1 Å². The smallest absolute Gasteiger partial charge is 0.257 e. The molecule has 0 spiro atoms. The number of nitrogens with two attached hydrogens (primary N) is 1. The molecule has 0 atom stereocenters. The quantitative estimate of drug-likeness (QED) is 0.854. The Morgan fingerprint density at radius 1 is 1.37 bits per heavy atom. The molecule has 19 heavy (non-hydrogen) atoms. The van der Waals surface area contributed by atoms with Crippen molar-refractivity contribution in [2.24, 2.45) is 11.7 Å². The van der Waals surface area contributed by atoms with Gasteiger partial charge in [-0.3, -0.25) is 9.78 Å². The fourth-order valence-corrected chi connectivity index (χ4v) is 2.54. The highest BCUT2D eigenvalue weighted by molar-refractivity contribution is 6.00. The predicted molar refractivity (Wildman–Crippen MR) is 70.7 cm³/mol. The fraction of sp³-hybridized carbons (Fsp3) is 0.462. The molecular formula is C13H17N5O. The molecule has 0 saturated carbocycles. The number of nitrogens with zero attached hydrogens (tertiary/aromatic N) is 4. The van der Waals surface area contributed by atoms with Gasteiger partial charge in [0.15, 0.2) is 0 Å². The molecular weight excluding hydrogens is 242 g/mol. The molecule has 1 aliphatic heterocycles. The number of hydrogen-bond acceptors (Lipinski definition) is 4. The Morgan fingerprint density at radius 3 is 2.89 bits per heavy atom. The third-order valence-corrected chi connectivity index (χ3v) is 3.79. The van der Waals surface area contributed by atoms with Crippen molar-refractivity contribution in [3.63, 3.8) is 0 Å². The van der Waals surface area contributed by atoms with Crippen LogP contribution in [0, 0.1) is 5.92 Å². The number of rotatable bonds is 2. The van der Waals surface area contributed by atoms with Crippen molar-refractivity contribution < 1.29 is 4.79 Å². The van der Waals surface area contributed by atoms with Crippen molar-refractivity contribution in [3.8, 4) is 0 Å². The Bertz CT molecular complexity index is 585. The summed E-state index contributed by atoms with van der Waals surface area (Å²) in [6.07, 6.45) is 8.66. The standard InChI is InChI=1S/C13H17N5O/c14-7-10-1-4-17(5-2-10)13(19)11-8-16-18-6-3-15-9-12(11)18/h3,6,8-10H,1-2,4-5,7,14H2. The zero-order chi connectivity index (χ0) is 13.2. The fourth-order valence-electron chi connectivity index (χ4n) is 2.54. The van der Waals surface area contributed by atoms with Crippen LogP contribution in [0.1, 0.15) is 23.2 Å². The van der Waals surface area contributed by atoms with E-state index < -0.39 is 0 Å². The van der Waals surface area contributed by atoms with Gasteiger partial charge in [-0.05, 0) is 25.3 Å². The van der Waals surface area contributed by atoms with Crippen LogP contribution in [0.5, 0.6) is 0 Å². The van der Waals surface area contributed by atoms with Crippen molar-refractivity contribution in [1.29, 1.82) is 0 Å². The van der Waals surface area contributed by atoms with Gasteiger partial charge in [-0.25, -0.2) is 4.52 Å². The third kappa shape index (κ3) is 2.19. The number of likely N-dealkylation sites (tertiary alicyclic amines) is 1. The molecule has 1 aliphatic rings. The molecule has 2 N–H and O–H groups in total.